The third kappa shape index (κ3) is 5.94. The van der Waals surface area contributed by atoms with Gasteiger partial charge in [0.2, 0.25) is 5.56 Å². The number of benzene rings is 2. The van der Waals surface area contributed by atoms with Crippen LogP contribution in [0.3, 0.4) is 0 Å². The Bertz CT molecular complexity index is 1630. The summed E-state index contributed by atoms with van der Waals surface area (Å²) >= 11 is 3.55. The second-order valence-electron chi connectivity index (χ2n) is 11.0. The smallest absolute Gasteiger partial charge is 0.250 e. The Morgan fingerprint density at radius 3 is 2.64 bits per heavy atom. The first-order valence-electron chi connectivity index (χ1n) is 14.6. The van der Waals surface area contributed by atoms with Crippen molar-refractivity contribution in [2.24, 2.45) is 0 Å². The maximum Gasteiger partial charge on any atom is 0.250 e. The van der Waals surface area contributed by atoms with Gasteiger partial charge in [-0.1, -0.05) is 35.7 Å². The molecule has 1 unspecified atom stereocenters. The standard InChI is InChI=1S/C32H34N6O2S2/c1-21-19-34-27(20-33-21)25(8-11-37-9-3-10-37)35-22-6-7-28-30(16-22)41-29-5-2-4-24(32(29)42-28)26-17-23(18-31(39)36-26)38-12-14-40-15-13-38/h2,4-7,16-20,25,35H,3,8-15H2,1H3,(H,36,39). The van der Waals surface area contributed by atoms with Crippen LogP contribution in [-0.4, -0.2) is 65.8 Å². The molecule has 3 aliphatic rings. The number of nitrogens with one attached hydrogen (secondary N) is 2. The Labute approximate surface area is 254 Å². The number of nitrogens with zero attached hydrogens (tertiary/aromatic N) is 4. The second kappa shape index (κ2) is 12.1. The molecule has 0 spiro atoms. The number of aromatic nitrogens is 3. The van der Waals surface area contributed by atoms with Gasteiger partial charge >= 0.3 is 0 Å². The largest absolute Gasteiger partial charge is 0.378 e. The number of morpholine rings is 1. The van der Waals surface area contributed by atoms with E-state index >= 15 is 0 Å². The number of anilines is 2. The molecular weight excluding hydrogens is 565 g/mol. The molecule has 2 N–H and O–H groups in total. The van der Waals surface area contributed by atoms with E-state index in [1.807, 2.05) is 19.3 Å². The van der Waals surface area contributed by atoms with Crippen LogP contribution in [0.25, 0.3) is 11.3 Å². The summed E-state index contributed by atoms with van der Waals surface area (Å²) in [6.07, 6.45) is 6.03. The number of hydrogen-bond donors (Lipinski definition) is 2. The lowest BCUT2D eigenvalue weighted by molar-refractivity contribution is 0.122. The van der Waals surface area contributed by atoms with Gasteiger partial charge < -0.3 is 24.8 Å². The molecular formula is C32H34N6O2S2. The number of H-pyrrole nitrogens is 1. The average molecular weight is 599 g/mol. The number of ether oxygens (including phenoxy) is 1. The normalized spacial score (nSPS) is 17.2. The third-order valence-corrected chi connectivity index (χ3v) is 10.6. The van der Waals surface area contributed by atoms with Gasteiger partial charge in [0, 0.05) is 68.4 Å². The van der Waals surface area contributed by atoms with Gasteiger partial charge in [-0.25, -0.2) is 0 Å². The zero-order valence-electron chi connectivity index (χ0n) is 23.6. The third-order valence-electron chi connectivity index (χ3n) is 8.03. The number of pyridine rings is 1. The molecule has 0 saturated carbocycles. The first kappa shape index (κ1) is 27.5. The second-order valence-corrected chi connectivity index (χ2v) is 13.1. The summed E-state index contributed by atoms with van der Waals surface area (Å²) in [5.74, 6) is 0. The maximum atomic E-state index is 12.7. The van der Waals surface area contributed by atoms with Crippen molar-refractivity contribution in [1.29, 1.82) is 0 Å². The molecule has 10 heteroatoms. The quantitative estimate of drug-likeness (QED) is 0.229. The van der Waals surface area contributed by atoms with Gasteiger partial charge in [0.15, 0.2) is 0 Å². The van der Waals surface area contributed by atoms with Crippen molar-refractivity contribution in [2.45, 2.75) is 45.4 Å². The van der Waals surface area contributed by atoms with Gasteiger partial charge in [-0.2, -0.15) is 0 Å². The summed E-state index contributed by atoms with van der Waals surface area (Å²) < 4.78 is 5.51. The fourth-order valence-corrected chi connectivity index (χ4v) is 7.99. The number of fused-ring (bicyclic) bond motifs is 2. The summed E-state index contributed by atoms with van der Waals surface area (Å²) in [4.78, 5) is 34.5. The molecule has 7 rings (SSSR count). The molecule has 5 heterocycles. The Morgan fingerprint density at radius 1 is 0.976 bits per heavy atom. The predicted octanol–water partition coefficient (Wildman–Crippen LogP) is 5.84. The molecule has 216 valence electrons. The van der Waals surface area contributed by atoms with E-state index in [9.17, 15) is 4.79 Å². The van der Waals surface area contributed by atoms with E-state index in [1.165, 1.54) is 39.1 Å². The number of rotatable bonds is 8. The van der Waals surface area contributed by atoms with Crippen LogP contribution in [-0.2, 0) is 4.74 Å². The lowest BCUT2D eigenvalue weighted by atomic mass is 10.1. The highest BCUT2D eigenvalue weighted by molar-refractivity contribution is 8.05. The first-order chi connectivity index (χ1) is 20.6. The van der Waals surface area contributed by atoms with Crippen LogP contribution in [0.1, 0.15) is 30.3 Å². The highest BCUT2D eigenvalue weighted by Gasteiger charge is 2.24. The van der Waals surface area contributed by atoms with Crippen LogP contribution >= 0.6 is 23.5 Å². The summed E-state index contributed by atoms with van der Waals surface area (Å²) in [6, 6.07) is 16.9. The van der Waals surface area contributed by atoms with E-state index in [0.717, 1.165) is 60.1 Å². The van der Waals surface area contributed by atoms with Crippen LogP contribution in [0, 0.1) is 6.92 Å². The number of likely N-dealkylation sites (tertiary alicyclic amines) is 1. The molecule has 4 aromatic rings. The van der Waals surface area contributed by atoms with Crippen molar-refractivity contribution in [3.63, 3.8) is 0 Å². The minimum atomic E-state index is -0.0851. The summed E-state index contributed by atoms with van der Waals surface area (Å²) in [7, 11) is 0. The van der Waals surface area contributed by atoms with Crippen molar-refractivity contribution in [3.05, 3.63) is 82.7 Å². The van der Waals surface area contributed by atoms with E-state index in [-0.39, 0.29) is 11.6 Å². The Balaban J connectivity index is 1.14. The highest BCUT2D eigenvalue weighted by atomic mass is 32.2. The van der Waals surface area contributed by atoms with E-state index in [4.69, 9.17) is 9.72 Å². The van der Waals surface area contributed by atoms with Gasteiger partial charge in [0.05, 0.1) is 42.5 Å². The molecule has 8 nitrogen and oxygen atoms in total. The minimum Gasteiger partial charge on any atom is -0.378 e. The molecule has 42 heavy (non-hydrogen) atoms. The van der Waals surface area contributed by atoms with Crippen molar-refractivity contribution >= 4 is 34.9 Å². The van der Waals surface area contributed by atoms with Gasteiger partial charge in [0.1, 0.15) is 0 Å². The fourth-order valence-electron chi connectivity index (χ4n) is 5.58. The lowest BCUT2D eigenvalue weighted by Crippen LogP contribution is -2.38. The Kier molecular flexibility index (Phi) is 7.94. The van der Waals surface area contributed by atoms with Crippen LogP contribution in [0.15, 0.2) is 85.3 Å². The average Bonchev–Trinajstić information content (AvgIpc) is 2.99. The number of hydrogen-bond acceptors (Lipinski definition) is 9. The van der Waals surface area contributed by atoms with Crippen LogP contribution in [0.4, 0.5) is 11.4 Å². The molecule has 3 aliphatic heterocycles. The Hall–Kier alpha value is -3.31. The van der Waals surface area contributed by atoms with Gasteiger partial charge in [-0.15, -0.1) is 0 Å². The van der Waals surface area contributed by atoms with E-state index < -0.39 is 0 Å². The lowest BCUT2D eigenvalue weighted by Gasteiger charge is -2.32. The van der Waals surface area contributed by atoms with Crippen molar-refractivity contribution in [1.82, 2.24) is 19.9 Å². The van der Waals surface area contributed by atoms with Crippen molar-refractivity contribution < 1.29 is 4.74 Å². The zero-order chi connectivity index (χ0) is 28.5. The molecule has 0 aliphatic carbocycles. The van der Waals surface area contributed by atoms with Crippen LogP contribution in [0.5, 0.6) is 0 Å². The molecule has 0 radical (unpaired) electrons. The molecule has 0 bridgehead atoms. The van der Waals surface area contributed by atoms with Gasteiger partial charge in [-0.05, 0) is 63.2 Å². The topological polar surface area (TPSA) is 86.4 Å². The predicted molar refractivity (Wildman–Crippen MR) is 169 cm³/mol. The molecule has 2 aromatic carbocycles. The van der Waals surface area contributed by atoms with E-state index in [0.29, 0.717) is 13.2 Å². The Morgan fingerprint density at radius 2 is 1.86 bits per heavy atom. The molecule has 2 aromatic heterocycles. The van der Waals surface area contributed by atoms with E-state index in [2.05, 4.69) is 67.5 Å². The summed E-state index contributed by atoms with van der Waals surface area (Å²) in [5, 5.41) is 3.77. The molecule has 2 saturated heterocycles. The molecule has 0 amide bonds. The van der Waals surface area contributed by atoms with Crippen molar-refractivity contribution in [2.75, 3.05) is 56.2 Å². The maximum absolute atomic E-state index is 12.7. The number of aryl methyl sites for hydroxylation is 1. The summed E-state index contributed by atoms with van der Waals surface area (Å²) in [6.45, 7) is 8.34. The first-order valence-corrected chi connectivity index (χ1v) is 16.2. The van der Waals surface area contributed by atoms with E-state index in [1.54, 1.807) is 29.6 Å². The van der Waals surface area contributed by atoms with Crippen LogP contribution in [0.2, 0.25) is 0 Å². The SMILES string of the molecule is Cc1cnc(C(CCN2CCC2)Nc2ccc3c(c2)Sc2cccc(-c4cc(N5CCOCC5)cc(=O)[nH]4)c2S3)cn1. The summed E-state index contributed by atoms with van der Waals surface area (Å²) in [5.41, 5.74) is 5.75. The van der Waals surface area contributed by atoms with Gasteiger partial charge in [-0.3, -0.25) is 14.8 Å². The number of aromatic amines is 1. The fraction of sp³-hybridized carbons (Fsp3) is 0.344. The molecule has 2 fully saturated rings. The zero-order valence-corrected chi connectivity index (χ0v) is 25.3. The minimum absolute atomic E-state index is 0.0851. The van der Waals surface area contributed by atoms with Gasteiger partial charge in [0.25, 0.3) is 0 Å². The highest BCUT2D eigenvalue weighted by Crippen LogP contribution is 2.52. The van der Waals surface area contributed by atoms with Crippen LogP contribution < -0.4 is 15.8 Å². The molecule has 1 atom stereocenters. The van der Waals surface area contributed by atoms with Crippen molar-refractivity contribution in [3.8, 4) is 11.3 Å². The monoisotopic (exact) mass is 598 g/mol.